The largest absolute Gasteiger partial charge is 0.504 e. The molecule has 0 radical (unpaired) electrons. The van der Waals surface area contributed by atoms with E-state index in [9.17, 15) is 5.11 Å². The molecule has 0 fully saturated rings. The summed E-state index contributed by atoms with van der Waals surface area (Å²) in [5.41, 5.74) is 0. The van der Waals surface area contributed by atoms with E-state index in [4.69, 9.17) is 16.3 Å². The normalized spacial score (nSPS) is 12.5. The van der Waals surface area contributed by atoms with Gasteiger partial charge in [0.05, 0.1) is 5.88 Å². The first kappa shape index (κ1) is 9.20. The van der Waals surface area contributed by atoms with Crippen LogP contribution in [0.15, 0.2) is 24.3 Å². The van der Waals surface area contributed by atoms with Crippen LogP contribution in [0.2, 0.25) is 0 Å². The quantitative estimate of drug-likeness (QED) is 0.735. The fourth-order valence-electron chi connectivity index (χ4n) is 0.805. The Morgan fingerprint density at radius 2 is 2.17 bits per heavy atom. The van der Waals surface area contributed by atoms with Crippen LogP contribution < -0.4 is 4.74 Å². The standard InChI is InChI=1S/C9H11ClO2/c1-7(6-10)12-9-5-3-2-4-8(9)11/h2-5,7,11H,6H2,1H3/t7-/m1/s1. The molecular formula is C9H11ClO2. The van der Waals surface area contributed by atoms with Crippen LogP contribution in [-0.4, -0.2) is 17.1 Å². The molecule has 12 heavy (non-hydrogen) atoms. The number of alkyl halides is 1. The van der Waals surface area contributed by atoms with Crippen LogP contribution in [-0.2, 0) is 0 Å². The Balaban J connectivity index is 2.69. The van der Waals surface area contributed by atoms with Crippen molar-refractivity contribution in [3.63, 3.8) is 0 Å². The van der Waals surface area contributed by atoms with Crippen molar-refractivity contribution in [2.24, 2.45) is 0 Å². The summed E-state index contributed by atoms with van der Waals surface area (Å²) < 4.78 is 5.31. The Morgan fingerprint density at radius 1 is 1.50 bits per heavy atom. The van der Waals surface area contributed by atoms with Crippen LogP contribution in [0.25, 0.3) is 0 Å². The Hall–Kier alpha value is -0.890. The predicted octanol–water partition coefficient (Wildman–Crippen LogP) is 2.40. The molecule has 0 aliphatic carbocycles. The minimum atomic E-state index is -0.0834. The zero-order valence-corrected chi connectivity index (χ0v) is 7.58. The third-order valence-corrected chi connectivity index (χ3v) is 1.85. The van der Waals surface area contributed by atoms with Crippen LogP contribution in [0.4, 0.5) is 0 Å². The lowest BCUT2D eigenvalue weighted by Gasteiger charge is -2.12. The number of rotatable bonds is 3. The highest BCUT2D eigenvalue weighted by atomic mass is 35.5. The van der Waals surface area contributed by atoms with E-state index >= 15 is 0 Å². The van der Waals surface area contributed by atoms with Gasteiger partial charge in [0.25, 0.3) is 0 Å². The van der Waals surface area contributed by atoms with Gasteiger partial charge in [0.1, 0.15) is 6.10 Å². The van der Waals surface area contributed by atoms with Crippen LogP contribution in [0.3, 0.4) is 0 Å². The minimum absolute atomic E-state index is 0.0834. The molecule has 0 spiro atoms. The lowest BCUT2D eigenvalue weighted by Crippen LogP contribution is -2.12. The summed E-state index contributed by atoms with van der Waals surface area (Å²) in [6, 6.07) is 6.83. The molecule has 0 saturated carbocycles. The summed E-state index contributed by atoms with van der Waals surface area (Å²) in [7, 11) is 0. The van der Waals surface area contributed by atoms with E-state index in [1.54, 1.807) is 24.3 Å². The monoisotopic (exact) mass is 186 g/mol. The number of hydrogen-bond donors (Lipinski definition) is 1. The van der Waals surface area contributed by atoms with Crippen molar-refractivity contribution in [3.05, 3.63) is 24.3 Å². The van der Waals surface area contributed by atoms with Gasteiger partial charge in [-0.2, -0.15) is 0 Å². The van der Waals surface area contributed by atoms with E-state index < -0.39 is 0 Å². The molecule has 2 nitrogen and oxygen atoms in total. The van der Waals surface area contributed by atoms with E-state index in [0.717, 1.165) is 0 Å². The summed E-state index contributed by atoms with van der Waals surface area (Å²) in [5, 5.41) is 9.29. The molecule has 0 amide bonds. The fourth-order valence-corrected chi connectivity index (χ4v) is 0.868. The Labute approximate surface area is 76.7 Å². The molecule has 1 N–H and O–H groups in total. The summed E-state index contributed by atoms with van der Waals surface area (Å²) in [4.78, 5) is 0. The van der Waals surface area contributed by atoms with Gasteiger partial charge in [-0.1, -0.05) is 12.1 Å². The number of para-hydroxylation sites is 2. The molecule has 1 aromatic rings. The minimum Gasteiger partial charge on any atom is -0.504 e. The molecule has 1 aromatic carbocycles. The summed E-state index contributed by atoms with van der Waals surface area (Å²) in [5.74, 6) is 1.04. The van der Waals surface area contributed by atoms with E-state index in [0.29, 0.717) is 11.6 Å². The SMILES string of the molecule is C[C@H](CCl)Oc1ccccc1O. The number of aromatic hydroxyl groups is 1. The van der Waals surface area contributed by atoms with Crippen LogP contribution in [0.5, 0.6) is 11.5 Å². The number of phenols is 1. The zero-order valence-electron chi connectivity index (χ0n) is 6.83. The van der Waals surface area contributed by atoms with Crippen molar-refractivity contribution in [2.45, 2.75) is 13.0 Å². The van der Waals surface area contributed by atoms with Crippen molar-refractivity contribution in [3.8, 4) is 11.5 Å². The smallest absolute Gasteiger partial charge is 0.161 e. The summed E-state index contributed by atoms with van der Waals surface area (Å²) in [6.07, 6.45) is -0.0834. The number of benzene rings is 1. The van der Waals surface area contributed by atoms with Crippen LogP contribution in [0, 0.1) is 0 Å². The Morgan fingerprint density at radius 3 is 2.75 bits per heavy atom. The van der Waals surface area contributed by atoms with Gasteiger partial charge in [-0.3, -0.25) is 0 Å². The van der Waals surface area contributed by atoms with E-state index in [-0.39, 0.29) is 11.9 Å². The molecule has 0 unspecified atom stereocenters. The highest BCUT2D eigenvalue weighted by molar-refractivity contribution is 6.18. The van der Waals surface area contributed by atoms with E-state index in [2.05, 4.69) is 0 Å². The maximum Gasteiger partial charge on any atom is 0.161 e. The molecule has 0 saturated heterocycles. The molecule has 66 valence electrons. The van der Waals surface area contributed by atoms with Crippen molar-refractivity contribution >= 4 is 11.6 Å². The first-order valence-corrected chi connectivity index (χ1v) is 4.28. The third kappa shape index (κ3) is 2.31. The summed E-state index contributed by atoms with van der Waals surface area (Å²) in [6.45, 7) is 1.85. The molecule has 0 heterocycles. The van der Waals surface area contributed by atoms with Gasteiger partial charge in [-0.25, -0.2) is 0 Å². The van der Waals surface area contributed by atoms with Gasteiger partial charge in [0, 0.05) is 0 Å². The Bertz CT molecular complexity index is 250. The fraction of sp³-hybridized carbons (Fsp3) is 0.333. The highest BCUT2D eigenvalue weighted by Crippen LogP contribution is 2.25. The first-order chi connectivity index (χ1) is 5.74. The van der Waals surface area contributed by atoms with E-state index in [1.807, 2.05) is 6.92 Å². The molecule has 1 rings (SSSR count). The van der Waals surface area contributed by atoms with Gasteiger partial charge in [-0.05, 0) is 19.1 Å². The van der Waals surface area contributed by atoms with E-state index in [1.165, 1.54) is 0 Å². The molecule has 0 aliphatic rings. The highest BCUT2D eigenvalue weighted by Gasteiger charge is 2.04. The van der Waals surface area contributed by atoms with Crippen LogP contribution in [0.1, 0.15) is 6.92 Å². The molecule has 0 aliphatic heterocycles. The molecule has 1 atom stereocenters. The first-order valence-electron chi connectivity index (χ1n) is 3.74. The van der Waals surface area contributed by atoms with Crippen molar-refractivity contribution < 1.29 is 9.84 Å². The van der Waals surface area contributed by atoms with Crippen molar-refractivity contribution in [1.29, 1.82) is 0 Å². The van der Waals surface area contributed by atoms with Crippen molar-refractivity contribution in [2.75, 3.05) is 5.88 Å². The predicted molar refractivity (Wildman–Crippen MR) is 48.9 cm³/mol. The second kappa shape index (κ2) is 4.21. The number of phenolic OH excluding ortho intramolecular Hbond substituents is 1. The van der Waals surface area contributed by atoms with Gasteiger partial charge in [-0.15, -0.1) is 11.6 Å². The number of ether oxygens (including phenoxy) is 1. The molecule has 3 heteroatoms. The van der Waals surface area contributed by atoms with Gasteiger partial charge in [0.2, 0.25) is 0 Å². The topological polar surface area (TPSA) is 29.5 Å². The third-order valence-electron chi connectivity index (χ3n) is 1.41. The summed E-state index contributed by atoms with van der Waals surface area (Å²) >= 11 is 5.55. The van der Waals surface area contributed by atoms with Gasteiger partial charge >= 0.3 is 0 Å². The lowest BCUT2D eigenvalue weighted by atomic mass is 10.3. The number of hydrogen-bond acceptors (Lipinski definition) is 2. The van der Waals surface area contributed by atoms with Crippen molar-refractivity contribution in [1.82, 2.24) is 0 Å². The van der Waals surface area contributed by atoms with Crippen LogP contribution >= 0.6 is 11.6 Å². The second-order valence-electron chi connectivity index (χ2n) is 2.55. The second-order valence-corrected chi connectivity index (χ2v) is 2.86. The lowest BCUT2D eigenvalue weighted by molar-refractivity contribution is 0.235. The zero-order chi connectivity index (χ0) is 8.97. The molecule has 0 aromatic heterocycles. The maximum atomic E-state index is 9.29. The average Bonchev–Trinajstić information content (AvgIpc) is 2.09. The number of halogens is 1. The Kier molecular flexibility index (Phi) is 3.23. The van der Waals surface area contributed by atoms with Gasteiger partial charge in [0.15, 0.2) is 11.5 Å². The molecular weight excluding hydrogens is 176 g/mol. The average molecular weight is 187 g/mol. The van der Waals surface area contributed by atoms with Gasteiger partial charge < -0.3 is 9.84 Å². The molecule has 0 bridgehead atoms. The maximum absolute atomic E-state index is 9.29.